The van der Waals surface area contributed by atoms with Gasteiger partial charge in [-0.2, -0.15) is 5.26 Å². The van der Waals surface area contributed by atoms with Crippen LogP contribution >= 0.6 is 0 Å². The monoisotopic (exact) mass is 914 g/mol. The second kappa shape index (κ2) is 17.5. The van der Waals surface area contributed by atoms with E-state index in [0.29, 0.717) is 11.3 Å². The van der Waals surface area contributed by atoms with E-state index in [2.05, 4.69) is 251 Å². The van der Waals surface area contributed by atoms with Crippen LogP contribution in [0.4, 0.5) is 5.69 Å². The van der Waals surface area contributed by atoms with Gasteiger partial charge in [0, 0.05) is 32.7 Å². The number of benzene rings is 11. The third-order valence-corrected chi connectivity index (χ3v) is 14.2. The van der Waals surface area contributed by atoms with Gasteiger partial charge >= 0.3 is 0 Å². The third kappa shape index (κ3) is 7.23. The maximum Gasteiger partial charge on any atom is 0.187 e. The third-order valence-electron chi connectivity index (χ3n) is 14.2. The van der Waals surface area contributed by atoms with E-state index in [1.165, 1.54) is 0 Å². The Morgan fingerprint density at radius 3 is 0.917 bits per heavy atom. The first-order chi connectivity index (χ1) is 35.6. The average Bonchev–Trinajstić information content (AvgIpc) is 3.97. The highest BCUT2D eigenvalue weighted by molar-refractivity contribution is 6.14. The number of rotatable bonds is 8. The van der Waals surface area contributed by atoms with E-state index in [0.717, 1.165) is 122 Å². The van der Waals surface area contributed by atoms with E-state index in [4.69, 9.17) is 6.57 Å². The molecule has 0 radical (unpaired) electrons. The smallest absolute Gasteiger partial charge is 0.187 e. The Labute approximate surface area is 417 Å². The molecule has 0 aliphatic heterocycles. The maximum absolute atomic E-state index is 9.99. The molecule has 0 atom stereocenters. The summed E-state index contributed by atoms with van der Waals surface area (Å²) in [5.74, 6) is 0. The van der Waals surface area contributed by atoms with Gasteiger partial charge in [0.25, 0.3) is 0 Å². The Morgan fingerprint density at radius 2 is 0.611 bits per heavy atom. The molecule has 2 aromatic heterocycles. The van der Waals surface area contributed by atoms with E-state index in [1.54, 1.807) is 0 Å². The molecule has 13 aromatic rings. The summed E-state index contributed by atoms with van der Waals surface area (Å²) in [5.41, 5.74) is 20.7. The van der Waals surface area contributed by atoms with Crippen molar-refractivity contribution in [2.45, 2.75) is 0 Å². The summed E-state index contributed by atoms with van der Waals surface area (Å²) >= 11 is 0. The molecule has 0 saturated carbocycles. The normalized spacial score (nSPS) is 11.3. The van der Waals surface area contributed by atoms with Gasteiger partial charge in [0.2, 0.25) is 0 Å². The van der Waals surface area contributed by atoms with Crippen LogP contribution < -0.4 is 0 Å². The SMILES string of the molecule is [C-]#[N+]c1ccc(-c2cc(-c3ccc(C#N)cc3)c(-n3c4ccc(-c5ccccc5)cc4c4cc(-c5ccccc5)ccc43)cc2-n2c3ccc(-c4ccccc4)cc3c3cc(-c4ccccc4)ccc32)cc1. The molecule has 0 spiro atoms. The van der Waals surface area contributed by atoms with Gasteiger partial charge in [-0.05, 0) is 128 Å². The van der Waals surface area contributed by atoms with Crippen LogP contribution in [-0.2, 0) is 0 Å². The summed E-state index contributed by atoms with van der Waals surface area (Å²) in [4.78, 5) is 3.78. The van der Waals surface area contributed by atoms with Gasteiger partial charge in [0.1, 0.15) is 0 Å². The van der Waals surface area contributed by atoms with E-state index in [1.807, 2.05) is 24.3 Å². The van der Waals surface area contributed by atoms with Crippen molar-refractivity contribution < 1.29 is 0 Å². The molecule has 4 heteroatoms. The average molecular weight is 915 g/mol. The Bertz CT molecular complexity index is 3820. The van der Waals surface area contributed by atoms with Crippen molar-refractivity contribution in [2.24, 2.45) is 0 Å². The van der Waals surface area contributed by atoms with Gasteiger partial charge in [-0.3, -0.25) is 0 Å². The summed E-state index contributed by atoms with van der Waals surface area (Å²) in [7, 11) is 0. The molecule has 0 fully saturated rings. The summed E-state index contributed by atoms with van der Waals surface area (Å²) < 4.78 is 4.87. The lowest BCUT2D eigenvalue weighted by Gasteiger charge is -2.21. The van der Waals surface area contributed by atoms with Crippen molar-refractivity contribution in [3.63, 3.8) is 0 Å². The van der Waals surface area contributed by atoms with Crippen LogP contribution in [0.15, 0.2) is 255 Å². The van der Waals surface area contributed by atoms with Gasteiger partial charge in [-0.25, -0.2) is 4.85 Å². The van der Waals surface area contributed by atoms with Crippen LogP contribution in [0.25, 0.3) is 127 Å². The molecule has 0 unspecified atom stereocenters. The fraction of sp³-hybridized carbons (Fsp3) is 0. The van der Waals surface area contributed by atoms with Crippen LogP contribution in [-0.4, -0.2) is 9.13 Å². The molecular formula is C68H42N4. The highest BCUT2D eigenvalue weighted by Gasteiger charge is 2.24. The van der Waals surface area contributed by atoms with Crippen molar-refractivity contribution in [1.29, 1.82) is 5.26 Å². The quantitative estimate of drug-likeness (QED) is 0.140. The maximum atomic E-state index is 9.99. The van der Waals surface area contributed by atoms with Crippen LogP contribution in [0.5, 0.6) is 0 Å². The lowest BCUT2D eigenvalue weighted by Crippen LogP contribution is -2.04. The van der Waals surface area contributed by atoms with Crippen molar-refractivity contribution in [1.82, 2.24) is 9.13 Å². The topological polar surface area (TPSA) is 38.0 Å². The molecule has 0 bridgehead atoms. The molecule has 334 valence electrons. The molecule has 0 saturated heterocycles. The predicted octanol–water partition coefficient (Wildman–Crippen LogP) is 18.3. The first-order valence-electron chi connectivity index (χ1n) is 24.2. The highest BCUT2D eigenvalue weighted by atomic mass is 15.0. The Kier molecular flexibility index (Phi) is 10.2. The molecule has 0 aliphatic carbocycles. The van der Waals surface area contributed by atoms with Crippen molar-refractivity contribution in [2.75, 3.05) is 0 Å². The van der Waals surface area contributed by atoms with Crippen LogP contribution in [0.1, 0.15) is 5.56 Å². The number of aromatic nitrogens is 2. The van der Waals surface area contributed by atoms with Crippen molar-refractivity contribution in [3.05, 3.63) is 272 Å². The van der Waals surface area contributed by atoms with Crippen molar-refractivity contribution in [3.8, 4) is 84.2 Å². The summed E-state index contributed by atoms with van der Waals surface area (Å²) in [6, 6.07) is 92.7. The molecule has 0 aliphatic rings. The van der Waals surface area contributed by atoms with Gasteiger partial charge < -0.3 is 9.13 Å². The molecule has 72 heavy (non-hydrogen) atoms. The van der Waals surface area contributed by atoms with E-state index in [9.17, 15) is 5.26 Å². The minimum atomic E-state index is 0.581. The zero-order valence-electron chi connectivity index (χ0n) is 39.0. The predicted molar refractivity (Wildman–Crippen MR) is 299 cm³/mol. The van der Waals surface area contributed by atoms with Crippen LogP contribution in [0.3, 0.4) is 0 Å². The van der Waals surface area contributed by atoms with E-state index in [-0.39, 0.29) is 0 Å². The Hall–Kier alpha value is -10.0. The first-order valence-corrected chi connectivity index (χ1v) is 24.2. The minimum absolute atomic E-state index is 0.581. The largest absolute Gasteiger partial charge is 0.309 e. The molecule has 2 heterocycles. The van der Waals surface area contributed by atoms with E-state index >= 15 is 0 Å². The number of hydrogen-bond acceptors (Lipinski definition) is 1. The highest BCUT2D eigenvalue weighted by Crippen LogP contribution is 2.46. The molecule has 0 N–H and O–H groups in total. The number of fused-ring (bicyclic) bond motifs is 6. The Morgan fingerprint density at radius 1 is 0.306 bits per heavy atom. The van der Waals surface area contributed by atoms with Gasteiger partial charge in [0.05, 0.1) is 51.6 Å². The fourth-order valence-electron chi connectivity index (χ4n) is 10.7. The molecule has 0 amide bonds. The van der Waals surface area contributed by atoms with E-state index < -0.39 is 0 Å². The van der Waals surface area contributed by atoms with Crippen molar-refractivity contribution >= 4 is 49.3 Å². The summed E-state index contributed by atoms with van der Waals surface area (Å²) in [5, 5.41) is 14.6. The molecule has 4 nitrogen and oxygen atoms in total. The first kappa shape index (κ1) is 42.1. The zero-order chi connectivity index (χ0) is 48.1. The Balaban J connectivity index is 1.16. The zero-order valence-corrected chi connectivity index (χ0v) is 39.0. The number of hydrogen-bond donors (Lipinski definition) is 0. The minimum Gasteiger partial charge on any atom is -0.309 e. The summed E-state index contributed by atoms with van der Waals surface area (Å²) in [6.45, 7) is 7.85. The van der Waals surface area contributed by atoms with Gasteiger partial charge in [0.15, 0.2) is 5.69 Å². The number of nitrogens with zero attached hydrogens (tertiary/aromatic N) is 4. The van der Waals surface area contributed by atoms with Gasteiger partial charge in [-0.15, -0.1) is 0 Å². The standard InChI is InChI=1S/C68H42N4/c1-70-56-32-26-51(27-33-56)58-42-57(50-24-22-45(44-69)23-25-50)67(71-63-34-28-52(46-14-6-2-7-15-46)38-59(63)60-39-53(29-35-64(60)71)47-16-8-3-9-17-47)43-68(58)72-65-36-30-54(48-18-10-4-11-19-48)40-61(65)62-41-55(31-37-66(62)72)49-20-12-5-13-21-49/h2-43H. The van der Waals surface area contributed by atoms with Crippen LogP contribution in [0, 0.1) is 17.9 Å². The number of nitriles is 1. The lowest BCUT2D eigenvalue weighted by atomic mass is 9.94. The van der Waals surface area contributed by atoms with Gasteiger partial charge in [-0.1, -0.05) is 182 Å². The van der Waals surface area contributed by atoms with Crippen LogP contribution in [0.2, 0.25) is 0 Å². The fourth-order valence-corrected chi connectivity index (χ4v) is 10.7. The molecular weight excluding hydrogens is 873 g/mol. The lowest BCUT2D eigenvalue weighted by molar-refractivity contribution is 1.14. The molecule has 11 aromatic carbocycles. The molecule has 13 rings (SSSR count). The summed E-state index contributed by atoms with van der Waals surface area (Å²) in [6.07, 6.45) is 0. The second-order valence-corrected chi connectivity index (χ2v) is 18.3. The second-order valence-electron chi connectivity index (χ2n) is 18.3.